The summed E-state index contributed by atoms with van der Waals surface area (Å²) in [4.78, 5) is 15.9. The SMILES string of the molecule is Cc1ccc(CN2CCCC23CCN(C(=O)OC(C)C(F)(F)F)CC3)cc1Cl. The average Bonchev–Trinajstić information content (AvgIpc) is 2.99. The fourth-order valence-corrected chi connectivity index (χ4v) is 4.36. The van der Waals surface area contributed by atoms with Gasteiger partial charge >= 0.3 is 12.3 Å². The van der Waals surface area contributed by atoms with E-state index in [-0.39, 0.29) is 5.54 Å². The number of piperidine rings is 1. The monoisotopic (exact) mass is 418 g/mol. The van der Waals surface area contributed by atoms with Crippen LogP contribution in [-0.4, -0.2) is 53.3 Å². The zero-order valence-electron chi connectivity index (χ0n) is 16.2. The van der Waals surface area contributed by atoms with Gasteiger partial charge < -0.3 is 9.64 Å². The molecule has 1 atom stereocenters. The molecular weight excluding hydrogens is 393 g/mol. The standard InChI is InChI=1S/C20H26ClF3N2O2/c1-14-4-5-16(12-17(14)21)13-26-9-3-6-19(26)7-10-25(11-8-19)18(27)28-15(2)20(22,23)24/h4-5,12,15H,3,6-11,13H2,1-2H3. The maximum absolute atomic E-state index is 12.6. The van der Waals surface area contributed by atoms with Crippen molar-refractivity contribution in [3.05, 3.63) is 34.3 Å². The number of alkyl halides is 3. The zero-order valence-corrected chi connectivity index (χ0v) is 16.9. The molecule has 3 rings (SSSR count). The van der Waals surface area contributed by atoms with E-state index in [0.717, 1.165) is 61.8 Å². The molecular formula is C20H26ClF3N2O2. The van der Waals surface area contributed by atoms with E-state index in [1.807, 2.05) is 19.1 Å². The lowest BCUT2D eigenvalue weighted by molar-refractivity contribution is -0.200. The molecule has 0 aliphatic carbocycles. The van der Waals surface area contributed by atoms with Crippen LogP contribution in [0.3, 0.4) is 0 Å². The van der Waals surface area contributed by atoms with E-state index in [2.05, 4.69) is 15.7 Å². The first-order valence-corrected chi connectivity index (χ1v) is 10.0. The molecule has 1 amide bonds. The van der Waals surface area contributed by atoms with Crippen molar-refractivity contribution in [3.63, 3.8) is 0 Å². The highest BCUT2D eigenvalue weighted by Gasteiger charge is 2.45. The van der Waals surface area contributed by atoms with Crippen LogP contribution in [0.2, 0.25) is 5.02 Å². The zero-order chi connectivity index (χ0) is 20.5. The lowest BCUT2D eigenvalue weighted by Crippen LogP contribution is -2.53. The van der Waals surface area contributed by atoms with E-state index >= 15 is 0 Å². The Morgan fingerprint density at radius 3 is 2.54 bits per heavy atom. The van der Waals surface area contributed by atoms with Gasteiger partial charge in [0.25, 0.3) is 0 Å². The predicted octanol–water partition coefficient (Wildman–Crippen LogP) is 5.17. The van der Waals surface area contributed by atoms with E-state index in [4.69, 9.17) is 11.6 Å². The fourth-order valence-electron chi connectivity index (χ4n) is 4.16. The van der Waals surface area contributed by atoms with Crippen molar-refractivity contribution < 1.29 is 22.7 Å². The molecule has 0 saturated carbocycles. The number of aryl methyl sites for hydroxylation is 1. The highest BCUT2D eigenvalue weighted by molar-refractivity contribution is 6.31. The molecule has 28 heavy (non-hydrogen) atoms. The van der Waals surface area contributed by atoms with Crippen LogP contribution < -0.4 is 0 Å². The van der Waals surface area contributed by atoms with Gasteiger partial charge in [-0.3, -0.25) is 4.90 Å². The van der Waals surface area contributed by atoms with Crippen molar-refractivity contribution in [2.75, 3.05) is 19.6 Å². The number of ether oxygens (including phenoxy) is 1. The van der Waals surface area contributed by atoms with Gasteiger partial charge in [-0.2, -0.15) is 13.2 Å². The number of amides is 1. The van der Waals surface area contributed by atoms with Crippen molar-refractivity contribution in [3.8, 4) is 0 Å². The fraction of sp³-hybridized carbons (Fsp3) is 0.650. The number of likely N-dealkylation sites (tertiary alicyclic amines) is 2. The van der Waals surface area contributed by atoms with E-state index < -0.39 is 18.4 Å². The quantitative estimate of drug-likeness (QED) is 0.679. The molecule has 1 aromatic rings. The summed E-state index contributed by atoms with van der Waals surface area (Å²) in [5.74, 6) is 0. The molecule has 1 unspecified atom stereocenters. The molecule has 2 aliphatic rings. The molecule has 1 aromatic carbocycles. The van der Waals surface area contributed by atoms with Crippen molar-refractivity contribution in [2.45, 2.75) is 63.9 Å². The smallest absolute Gasteiger partial charge is 0.425 e. The number of carbonyl (C=O) groups excluding carboxylic acids is 1. The van der Waals surface area contributed by atoms with E-state index in [9.17, 15) is 18.0 Å². The molecule has 0 N–H and O–H groups in total. The number of nitrogens with zero attached hydrogens (tertiary/aromatic N) is 2. The van der Waals surface area contributed by atoms with Gasteiger partial charge in [-0.05, 0) is 63.3 Å². The Labute approximate surface area is 168 Å². The number of benzene rings is 1. The molecule has 2 heterocycles. The molecule has 1 spiro atoms. The summed E-state index contributed by atoms with van der Waals surface area (Å²) in [6.07, 6.45) is -3.92. The van der Waals surface area contributed by atoms with Crippen LogP contribution >= 0.6 is 11.6 Å². The average molecular weight is 419 g/mol. The second-order valence-electron chi connectivity index (χ2n) is 7.89. The van der Waals surface area contributed by atoms with Crippen LogP contribution in [0.1, 0.15) is 43.7 Å². The summed E-state index contributed by atoms with van der Waals surface area (Å²) < 4.78 is 42.4. The van der Waals surface area contributed by atoms with Gasteiger partial charge in [0.2, 0.25) is 0 Å². The predicted molar refractivity (Wildman–Crippen MR) is 101 cm³/mol. The van der Waals surface area contributed by atoms with Gasteiger partial charge in [-0.25, -0.2) is 4.79 Å². The lowest BCUT2D eigenvalue weighted by Gasteiger charge is -2.45. The van der Waals surface area contributed by atoms with Crippen molar-refractivity contribution in [2.24, 2.45) is 0 Å². The topological polar surface area (TPSA) is 32.8 Å². The van der Waals surface area contributed by atoms with Crippen LogP contribution in [-0.2, 0) is 11.3 Å². The third kappa shape index (κ3) is 4.57. The molecule has 0 aromatic heterocycles. The number of halogens is 4. The normalized spacial score (nSPS) is 21.1. The van der Waals surface area contributed by atoms with E-state index in [0.29, 0.717) is 13.1 Å². The first-order valence-electron chi connectivity index (χ1n) is 9.63. The van der Waals surface area contributed by atoms with Gasteiger partial charge in [0.05, 0.1) is 0 Å². The first kappa shape index (κ1) is 21.2. The molecule has 2 fully saturated rings. The molecule has 2 saturated heterocycles. The minimum Gasteiger partial charge on any atom is -0.437 e. The highest BCUT2D eigenvalue weighted by atomic mass is 35.5. The number of hydrogen-bond donors (Lipinski definition) is 0. The van der Waals surface area contributed by atoms with Crippen LogP contribution in [0, 0.1) is 6.92 Å². The van der Waals surface area contributed by atoms with Crippen molar-refractivity contribution >= 4 is 17.7 Å². The molecule has 4 nitrogen and oxygen atoms in total. The number of carbonyl (C=O) groups is 1. The Hall–Kier alpha value is -1.47. The Bertz CT molecular complexity index is 718. The Morgan fingerprint density at radius 2 is 1.93 bits per heavy atom. The third-order valence-electron chi connectivity index (χ3n) is 6.04. The number of hydrogen-bond acceptors (Lipinski definition) is 3. The maximum atomic E-state index is 12.6. The molecule has 2 aliphatic heterocycles. The van der Waals surface area contributed by atoms with Gasteiger partial charge in [0.1, 0.15) is 0 Å². The van der Waals surface area contributed by atoms with Crippen LogP contribution in [0.25, 0.3) is 0 Å². The van der Waals surface area contributed by atoms with Gasteiger partial charge in [-0.1, -0.05) is 23.7 Å². The second-order valence-corrected chi connectivity index (χ2v) is 8.29. The summed E-state index contributed by atoms with van der Waals surface area (Å²) in [7, 11) is 0. The molecule has 156 valence electrons. The van der Waals surface area contributed by atoms with Crippen LogP contribution in [0.15, 0.2) is 18.2 Å². The Kier molecular flexibility index (Phi) is 6.15. The largest absolute Gasteiger partial charge is 0.437 e. The third-order valence-corrected chi connectivity index (χ3v) is 6.45. The summed E-state index contributed by atoms with van der Waals surface area (Å²) >= 11 is 6.25. The van der Waals surface area contributed by atoms with Gasteiger partial charge in [-0.15, -0.1) is 0 Å². The minimum atomic E-state index is -4.54. The number of rotatable bonds is 3. The summed E-state index contributed by atoms with van der Waals surface area (Å²) in [6.45, 7) is 5.41. The van der Waals surface area contributed by atoms with Crippen molar-refractivity contribution in [1.82, 2.24) is 9.80 Å². The minimum absolute atomic E-state index is 0.0101. The second kappa shape index (κ2) is 8.11. The first-order chi connectivity index (χ1) is 13.1. The highest BCUT2D eigenvalue weighted by Crippen LogP contribution is 2.40. The summed E-state index contributed by atoms with van der Waals surface area (Å²) in [5.41, 5.74) is 2.18. The maximum Gasteiger partial charge on any atom is 0.425 e. The van der Waals surface area contributed by atoms with Gasteiger partial charge in [0, 0.05) is 30.2 Å². The van der Waals surface area contributed by atoms with E-state index in [1.165, 1.54) is 4.90 Å². The Balaban J connectivity index is 1.60. The van der Waals surface area contributed by atoms with Gasteiger partial charge in [0.15, 0.2) is 6.10 Å². The van der Waals surface area contributed by atoms with Crippen molar-refractivity contribution in [1.29, 1.82) is 0 Å². The molecule has 0 radical (unpaired) electrons. The lowest BCUT2D eigenvalue weighted by atomic mass is 9.85. The van der Waals surface area contributed by atoms with Crippen LogP contribution in [0.5, 0.6) is 0 Å². The Morgan fingerprint density at radius 1 is 1.25 bits per heavy atom. The summed E-state index contributed by atoms with van der Waals surface area (Å²) in [5, 5.41) is 0.752. The summed E-state index contributed by atoms with van der Waals surface area (Å²) in [6, 6.07) is 6.09. The van der Waals surface area contributed by atoms with E-state index in [1.54, 1.807) is 0 Å². The molecule has 8 heteroatoms. The van der Waals surface area contributed by atoms with Crippen LogP contribution in [0.4, 0.5) is 18.0 Å². The molecule has 0 bridgehead atoms.